The Balaban J connectivity index is 1.66. The molecule has 2 aromatic carbocycles. The number of benzodiazepines with no additional fused rings is 1. The molecule has 2 N–H and O–H groups in total. The van der Waals surface area contributed by atoms with E-state index in [1.54, 1.807) is 11.3 Å². The Morgan fingerprint density at radius 1 is 1.03 bits per heavy atom. The number of hydrogen-bond acceptors (Lipinski definition) is 6. The van der Waals surface area contributed by atoms with Gasteiger partial charge in [-0.1, -0.05) is 69.3 Å². The molecule has 3 amide bonds. The molecule has 0 fully saturated rings. The van der Waals surface area contributed by atoms with Gasteiger partial charge in [0.15, 0.2) is 5.78 Å². The Bertz CT molecular complexity index is 1370. The smallest absolute Gasteiger partial charge is 0.317 e. The van der Waals surface area contributed by atoms with E-state index in [1.807, 2.05) is 101 Å². The fraction of sp³-hybridized carbons (Fsp3) is 0.333. The molecular formula is C30H35N5O3S. The first-order valence-corrected chi connectivity index (χ1v) is 13.7. The molecule has 0 saturated heterocycles. The van der Waals surface area contributed by atoms with Crippen LogP contribution in [0.2, 0.25) is 0 Å². The lowest BCUT2D eigenvalue weighted by Gasteiger charge is -2.28. The van der Waals surface area contributed by atoms with Crippen molar-refractivity contribution in [2.75, 3.05) is 25.5 Å². The van der Waals surface area contributed by atoms with Crippen molar-refractivity contribution in [3.05, 3.63) is 87.6 Å². The lowest BCUT2D eigenvalue weighted by Crippen LogP contribution is -2.52. The molecule has 204 valence electrons. The van der Waals surface area contributed by atoms with Crippen LogP contribution in [0.1, 0.15) is 42.3 Å². The second-order valence-corrected chi connectivity index (χ2v) is 11.8. The van der Waals surface area contributed by atoms with Crippen LogP contribution < -0.4 is 15.5 Å². The number of aliphatic imine (C=N–C) groups is 1. The zero-order valence-electron chi connectivity index (χ0n) is 23.0. The number of nitrogens with zero attached hydrogens (tertiary/aromatic N) is 3. The summed E-state index contributed by atoms with van der Waals surface area (Å²) in [7, 11) is 3.99. The second kappa shape index (κ2) is 11.9. The van der Waals surface area contributed by atoms with Crippen molar-refractivity contribution in [2.45, 2.75) is 40.0 Å². The van der Waals surface area contributed by atoms with Crippen LogP contribution in [0.3, 0.4) is 0 Å². The number of para-hydroxylation sites is 1. The molecule has 0 spiro atoms. The van der Waals surface area contributed by atoms with Crippen LogP contribution in [0, 0.1) is 5.41 Å². The van der Waals surface area contributed by atoms with Gasteiger partial charge in [-0.25, -0.2) is 9.79 Å². The molecular weight excluding hydrogens is 510 g/mol. The fourth-order valence-corrected chi connectivity index (χ4v) is 5.07. The number of urea groups is 1. The van der Waals surface area contributed by atoms with E-state index >= 15 is 0 Å². The van der Waals surface area contributed by atoms with E-state index in [0.717, 1.165) is 28.1 Å². The number of nitrogens with one attached hydrogen (secondary N) is 2. The summed E-state index contributed by atoms with van der Waals surface area (Å²) >= 11 is 1.57. The Morgan fingerprint density at radius 2 is 1.72 bits per heavy atom. The van der Waals surface area contributed by atoms with Crippen molar-refractivity contribution >= 4 is 40.5 Å². The van der Waals surface area contributed by atoms with Gasteiger partial charge in [0.2, 0.25) is 6.17 Å². The Hall–Kier alpha value is -3.82. The van der Waals surface area contributed by atoms with Crippen molar-refractivity contribution < 1.29 is 14.4 Å². The number of anilines is 1. The average molecular weight is 546 g/mol. The number of benzene rings is 2. The van der Waals surface area contributed by atoms with Gasteiger partial charge in [-0.3, -0.25) is 9.59 Å². The first kappa shape index (κ1) is 28.2. The summed E-state index contributed by atoms with van der Waals surface area (Å²) in [4.78, 5) is 49.4. The number of fused-ring (bicyclic) bond motifs is 1. The summed E-state index contributed by atoms with van der Waals surface area (Å²) in [5, 5.41) is 7.64. The molecule has 8 nitrogen and oxygen atoms in total. The quantitative estimate of drug-likeness (QED) is 0.438. The molecule has 0 aliphatic carbocycles. The van der Waals surface area contributed by atoms with Gasteiger partial charge in [0.1, 0.15) is 0 Å². The van der Waals surface area contributed by atoms with Gasteiger partial charge in [0, 0.05) is 28.0 Å². The van der Waals surface area contributed by atoms with Gasteiger partial charge in [-0.05, 0) is 37.2 Å². The average Bonchev–Trinajstić information content (AvgIpc) is 3.29. The SMILES string of the molecule is CN(C)Cc1ccsc1CNC(=O)NC1N=C(c2ccccc2)c2ccccc2N(CC(=O)C(C)(C)C)C1=O. The molecule has 1 unspecified atom stereocenters. The fourth-order valence-electron chi connectivity index (χ4n) is 4.23. The lowest BCUT2D eigenvalue weighted by atomic mass is 9.90. The minimum atomic E-state index is -1.22. The molecule has 9 heteroatoms. The zero-order chi connectivity index (χ0) is 28.2. The van der Waals surface area contributed by atoms with Crippen LogP contribution in [0.5, 0.6) is 0 Å². The summed E-state index contributed by atoms with van der Waals surface area (Å²) in [6, 6.07) is 18.5. The molecule has 1 aliphatic heterocycles. The third-order valence-corrected chi connectivity index (χ3v) is 7.36. The molecule has 0 saturated carbocycles. The molecule has 4 rings (SSSR count). The third-order valence-electron chi connectivity index (χ3n) is 6.40. The van der Waals surface area contributed by atoms with Crippen molar-refractivity contribution in [1.82, 2.24) is 15.5 Å². The standard InChI is InChI=1S/C30H35N5O3S/c1-30(2,3)25(36)19-35-23-14-10-9-13-22(23)26(20-11-7-6-8-12-20)32-27(28(35)37)33-29(38)31-17-24-21(15-16-39-24)18-34(4)5/h6-16,27H,17-19H2,1-5H3,(H2,31,33,38). The number of carbonyl (C=O) groups is 3. The molecule has 1 atom stereocenters. The highest BCUT2D eigenvalue weighted by molar-refractivity contribution is 7.10. The third kappa shape index (κ3) is 6.79. The maximum Gasteiger partial charge on any atom is 0.317 e. The van der Waals surface area contributed by atoms with E-state index in [1.165, 1.54) is 4.90 Å². The van der Waals surface area contributed by atoms with Crippen molar-refractivity contribution in [1.29, 1.82) is 0 Å². The van der Waals surface area contributed by atoms with Crippen LogP contribution in [-0.2, 0) is 22.7 Å². The number of hydrogen-bond donors (Lipinski definition) is 2. The highest BCUT2D eigenvalue weighted by Crippen LogP contribution is 2.29. The molecule has 39 heavy (non-hydrogen) atoms. The Morgan fingerprint density at radius 3 is 2.41 bits per heavy atom. The van der Waals surface area contributed by atoms with Gasteiger partial charge in [-0.15, -0.1) is 11.3 Å². The normalized spacial score (nSPS) is 15.4. The van der Waals surface area contributed by atoms with E-state index in [4.69, 9.17) is 4.99 Å². The summed E-state index contributed by atoms with van der Waals surface area (Å²) in [5.41, 5.74) is 3.18. The minimum Gasteiger partial charge on any atom is -0.333 e. The van der Waals surface area contributed by atoms with Crippen LogP contribution in [-0.4, -0.2) is 55.1 Å². The maximum atomic E-state index is 13.9. The van der Waals surface area contributed by atoms with Gasteiger partial charge < -0.3 is 20.4 Å². The number of Topliss-reactive ketones (excluding diaryl/α,β-unsaturated/α-hetero) is 1. The number of rotatable bonds is 8. The van der Waals surface area contributed by atoms with Gasteiger partial charge in [0.25, 0.3) is 5.91 Å². The van der Waals surface area contributed by atoms with Crippen LogP contribution in [0.15, 0.2) is 71.0 Å². The zero-order valence-corrected chi connectivity index (χ0v) is 23.8. The number of thiophene rings is 1. The van der Waals surface area contributed by atoms with Crippen LogP contribution in [0.4, 0.5) is 10.5 Å². The Kier molecular flexibility index (Phi) is 8.62. The molecule has 0 bridgehead atoms. The monoisotopic (exact) mass is 545 g/mol. The largest absolute Gasteiger partial charge is 0.333 e. The number of ketones is 1. The first-order valence-electron chi connectivity index (χ1n) is 12.9. The lowest BCUT2D eigenvalue weighted by molar-refractivity contribution is -0.127. The van der Waals surface area contributed by atoms with Crippen molar-refractivity contribution in [3.8, 4) is 0 Å². The maximum absolute atomic E-state index is 13.9. The van der Waals surface area contributed by atoms with Gasteiger partial charge in [-0.2, -0.15) is 0 Å². The van der Waals surface area contributed by atoms with Gasteiger partial charge in [0.05, 0.1) is 24.5 Å². The summed E-state index contributed by atoms with van der Waals surface area (Å²) in [6.07, 6.45) is -1.22. The minimum absolute atomic E-state index is 0.0943. The molecule has 1 aliphatic rings. The first-order chi connectivity index (χ1) is 18.5. The van der Waals surface area contributed by atoms with Crippen molar-refractivity contribution in [3.63, 3.8) is 0 Å². The predicted molar refractivity (Wildman–Crippen MR) is 156 cm³/mol. The summed E-state index contributed by atoms with van der Waals surface area (Å²) < 4.78 is 0. The van der Waals surface area contributed by atoms with Crippen LogP contribution in [0.25, 0.3) is 0 Å². The van der Waals surface area contributed by atoms with E-state index in [-0.39, 0.29) is 12.3 Å². The predicted octanol–water partition coefficient (Wildman–Crippen LogP) is 4.43. The summed E-state index contributed by atoms with van der Waals surface area (Å²) in [6.45, 7) is 6.45. The number of carbonyl (C=O) groups excluding carboxylic acids is 3. The highest BCUT2D eigenvalue weighted by Gasteiger charge is 2.35. The topological polar surface area (TPSA) is 94.1 Å². The molecule has 2 heterocycles. The Labute approximate surface area is 233 Å². The molecule has 3 aromatic rings. The van der Waals surface area contributed by atoms with Crippen molar-refractivity contribution in [2.24, 2.45) is 10.4 Å². The molecule has 1 aromatic heterocycles. The van der Waals surface area contributed by atoms with E-state index in [9.17, 15) is 14.4 Å². The van der Waals surface area contributed by atoms with E-state index in [2.05, 4.69) is 15.5 Å². The summed E-state index contributed by atoms with van der Waals surface area (Å²) in [5.74, 6) is -0.561. The van der Waals surface area contributed by atoms with E-state index < -0.39 is 23.5 Å². The highest BCUT2D eigenvalue weighted by atomic mass is 32.1. The van der Waals surface area contributed by atoms with Crippen LogP contribution >= 0.6 is 11.3 Å². The number of amides is 3. The molecule has 0 radical (unpaired) electrons. The van der Waals surface area contributed by atoms with E-state index in [0.29, 0.717) is 17.9 Å². The second-order valence-electron chi connectivity index (χ2n) is 10.8. The van der Waals surface area contributed by atoms with Gasteiger partial charge >= 0.3 is 6.03 Å².